The molecule has 10 nitrogen and oxygen atoms in total. The first kappa shape index (κ1) is 17.1. The van der Waals surface area contributed by atoms with Crippen molar-refractivity contribution < 1.29 is 24.9 Å². The van der Waals surface area contributed by atoms with Crippen molar-refractivity contribution >= 4 is 22.8 Å². The molecule has 1 fully saturated rings. The van der Waals surface area contributed by atoms with E-state index >= 15 is 0 Å². The van der Waals surface area contributed by atoms with Gasteiger partial charge in [-0.3, -0.25) is 4.79 Å². The second kappa shape index (κ2) is 5.98. The highest BCUT2D eigenvalue weighted by Gasteiger charge is 2.53. The molecule has 4 atom stereocenters. The van der Waals surface area contributed by atoms with Crippen molar-refractivity contribution in [3.8, 4) is 11.8 Å². The molecule has 1 aliphatic heterocycles. The lowest BCUT2D eigenvalue weighted by molar-refractivity contribution is -0.112. The van der Waals surface area contributed by atoms with E-state index in [1.54, 1.807) is 0 Å². The van der Waals surface area contributed by atoms with Crippen LogP contribution in [0.25, 0.3) is 11.0 Å². The molecule has 132 valence electrons. The minimum absolute atomic E-state index is 0.120. The van der Waals surface area contributed by atoms with Gasteiger partial charge in [-0.25, -0.2) is 9.97 Å². The van der Waals surface area contributed by atoms with Crippen LogP contribution in [0.3, 0.4) is 0 Å². The van der Waals surface area contributed by atoms with Gasteiger partial charge in [-0.1, -0.05) is 5.92 Å². The van der Waals surface area contributed by atoms with Crippen LogP contribution in [0.1, 0.15) is 18.7 Å². The number of carbonyl (C=O) groups is 1. The number of anilines is 1. The SMILES string of the molecule is C[C@]1(O)C(n2cc(C#CC(N)=O)c3c(N)ncnc32)OC(CO)[C@H]1O. The third kappa shape index (κ3) is 2.69. The molecular weight excluding hydrogens is 330 g/mol. The number of aromatic nitrogens is 3. The summed E-state index contributed by atoms with van der Waals surface area (Å²) in [6.45, 7) is 0.904. The quantitative estimate of drug-likeness (QED) is 0.383. The number of aliphatic hydroxyl groups is 3. The summed E-state index contributed by atoms with van der Waals surface area (Å²) < 4.78 is 7.01. The zero-order valence-corrected chi connectivity index (χ0v) is 13.2. The Morgan fingerprint density at radius 1 is 1.52 bits per heavy atom. The van der Waals surface area contributed by atoms with Crippen molar-refractivity contribution in [2.75, 3.05) is 12.3 Å². The number of nitrogens with zero attached hydrogens (tertiary/aromatic N) is 3. The van der Waals surface area contributed by atoms with Gasteiger partial charge in [0.05, 0.1) is 17.6 Å². The number of nitrogen functional groups attached to an aromatic ring is 1. The van der Waals surface area contributed by atoms with Crippen LogP contribution in [0.5, 0.6) is 0 Å². The van der Waals surface area contributed by atoms with Crippen LogP contribution in [0.15, 0.2) is 12.5 Å². The van der Waals surface area contributed by atoms with Gasteiger partial charge in [0.15, 0.2) is 6.23 Å². The van der Waals surface area contributed by atoms with Crippen molar-refractivity contribution in [1.29, 1.82) is 0 Å². The van der Waals surface area contributed by atoms with Gasteiger partial charge in [-0.15, -0.1) is 0 Å². The van der Waals surface area contributed by atoms with Gasteiger partial charge in [-0.05, 0) is 6.92 Å². The maximum atomic E-state index is 10.9. The molecule has 0 bridgehead atoms. The lowest BCUT2D eigenvalue weighted by Gasteiger charge is -2.27. The first-order valence-corrected chi connectivity index (χ1v) is 7.36. The molecule has 1 aliphatic rings. The third-order valence-electron chi connectivity index (χ3n) is 4.15. The molecular formula is C15H17N5O5. The Morgan fingerprint density at radius 3 is 2.84 bits per heavy atom. The molecule has 10 heteroatoms. The maximum Gasteiger partial charge on any atom is 0.293 e. The largest absolute Gasteiger partial charge is 0.394 e. The summed E-state index contributed by atoms with van der Waals surface area (Å²) in [6, 6.07) is 0. The molecule has 0 saturated carbocycles. The zero-order valence-electron chi connectivity index (χ0n) is 13.2. The van der Waals surface area contributed by atoms with Gasteiger partial charge in [0.1, 0.15) is 35.6 Å². The summed E-state index contributed by atoms with van der Waals surface area (Å²) in [5.41, 5.74) is 9.81. The molecule has 2 unspecified atom stereocenters. The molecule has 0 aromatic carbocycles. The summed E-state index contributed by atoms with van der Waals surface area (Å²) in [6.07, 6.45) is -0.669. The molecule has 3 heterocycles. The molecule has 0 aliphatic carbocycles. The van der Waals surface area contributed by atoms with E-state index in [0.717, 1.165) is 0 Å². The predicted molar refractivity (Wildman–Crippen MR) is 85.6 cm³/mol. The van der Waals surface area contributed by atoms with Gasteiger partial charge >= 0.3 is 0 Å². The van der Waals surface area contributed by atoms with Gasteiger partial charge in [0.25, 0.3) is 5.91 Å². The van der Waals surface area contributed by atoms with E-state index < -0.39 is 36.6 Å². The number of primary amides is 1. The zero-order chi connectivity index (χ0) is 18.4. The Balaban J connectivity index is 2.20. The first-order chi connectivity index (χ1) is 11.8. The monoisotopic (exact) mass is 347 g/mol. The van der Waals surface area contributed by atoms with Gasteiger partial charge in [0.2, 0.25) is 0 Å². The van der Waals surface area contributed by atoms with E-state index in [0.29, 0.717) is 10.9 Å². The minimum atomic E-state index is -1.71. The highest BCUT2D eigenvalue weighted by molar-refractivity contribution is 5.96. The predicted octanol–water partition coefficient (Wildman–Crippen LogP) is -2.15. The Morgan fingerprint density at radius 2 is 2.24 bits per heavy atom. The fourth-order valence-electron chi connectivity index (χ4n) is 2.90. The average Bonchev–Trinajstić information content (AvgIpc) is 3.02. The van der Waals surface area contributed by atoms with Crippen LogP contribution in [0, 0.1) is 11.8 Å². The Bertz CT molecular complexity index is 897. The number of hydrogen-bond acceptors (Lipinski definition) is 8. The van der Waals surface area contributed by atoms with Gasteiger partial charge in [-0.2, -0.15) is 0 Å². The topological polar surface area (TPSA) is 170 Å². The number of hydrogen-bond donors (Lipinski definition) is 5. The molecule has 2 aromatic rings. The molecule has 0 radical (unpaired) electrons. The smallest absolute Gasteiger partial charge is 0.293 e. The van der Waals surface area contributed by atoms with Crippen LogP contribution in [-0.4, -0.2) is 60.2 Å². The van der Waals surface area contributed by atoms with Crippen LogP contribution < -0.4 is 11.5 Å². The second-order valence-corrected chi connectivity index (χ2v) is 5.90. The van der Waals surface area contributed by atoms with E-state index in [1.807, 2.05) is 0 Å². The van der Waals surface area contributed by atoms with E-state index in [9.17, 15) is 20.1 Å². The van der Waals surface area contributed by atoms with Gasteiger partial charge < -0.3 is 36.1 Å². The molecule has 2 aromatic heterocycles. The number of nitrogens with two attached hydrogens (primary N) is 2. The standard InChI is InChI=1S/C15H17N5O5/c1-15(24)11(23)8(5-21)25-14(15)20-4-7(2-3-9(16)22)10-12(17)18-6-19-13(10)20/h4,6,8,11,14,21,23-24H,5H2,1H3,(H2,16,22)(H2,17,18,19)/t8?,11-,14?,15-/m1/s1. The van der Waals surface area contributed by atoms with Crippen molar-refractivity contribution in [3.05, 3.63) is 18.1 Å². The average molecular weight is 347 g/mol. The highest BCUT2D eigenvalue weighted by atomic mass is 16.6. The second-order valence-electron chi connectivity index (χ2n) is 5.90. The lowest BCUT2D eigenvalue weighted by atomic mass is 9.96. The Labute approximate surface area is 142 Å². The van der Waals surface area contributed by atoms with Crippen molar-refractivity contribution in [2.45, 2.75) is 31.0 Å². The highest BCUT2D eigenvalue weighted by Crippen LogP contribution is 2.40. The van der Waals surface area contributed by atoms with E-state index in [2.05, 4.69) is 21.8 Å². The van der Waals surface area contributed by atoms with Crippen molar-refractivity contribution in [3.63, 3.8) is 0 Å². The fourth-order valence-corrected chi connectivity index (χ4v) is 2.90. The van der Waals surface area contributed by atoms with Crippen LogP contribution in [-0.2, 0) is 9.53 Å². The number of aliphatic hydroxyl groups excluding tert-OH is 2. The first-order valence-electron chi connectivity index (χ1n) is 7.36. The fraction of sp³-hybridized carbons (Fsp3) is 0.400. The molecule has 1 amide bonds. The van der Waals surface area contributed by atoms with Crippen LogP contribution >= 0.6 is 0 Å². The van der Waals surface area contributed by atoms with Crippen molar-refractivity contribution in [2.24, 2.45) is 5.73 Å². The Hall–Kier alpha value is -2.71. The van der Waals surface area contributed by atoms with Crippen LogP contribution in [0.2, 0.25) is 0 Å². The minimum Gasteiger partial charge on any atom is -0.394 e. The number of carbonyl (C=O) groups excluding carboxylic acids is 1. The number of rotatable bonds is 2. The third-order valence-corrected chi connectivity index (χ3v) is 4.15. The number of fused-ring (bicyclic) bond motifs is 1. The molecule has 3 rings (SSSR count). The molecule has 1 saturated heterocycles. The summed E-state index contributed by atoms with van der Waals surface area (Å²) in [5, 5.41) is 30.5. The Kier molecular flexibility index (Phi) is 4.09. The van der Waals surface area contributed by atoms with E-state index in [4.69, 9.17) is 16.2 Å². The molecule has 0 spiro atoms. The normalized spacial score (nSPS) is 28.7. The maximum absolute atomic E-state index is 10.9. The van der Waals surface area contributed by atoms with Crippen LogP contribution in [0.4, 0.5) is 5.82 Å². The molecule has 7 N–H and O–H groups in total. The van der Waals surface area contributed by atoms with Crippen molar-refractivity contribution in [1.82, 2.24) is 14.5 Å². The lowest BCUT2D eigenvalue weighted by Crippen LogP contribution is -2.44. The summed E-state index contributed by atoms with van der Waals surface area (Å²) in [7, 11) is 0. The number of amides is 1. The number of ether oxygens (including phenoxy) is 1. The molecule has 25 heavy (non-hydrogen) atoms. The van der Waals surface area contributed by atoms with E-state index in [-0.39, 0.29) is 11.5 Å². The summed E-state index contributed by atoms with van der Waals surface area (Å²) in [4.78, 5) is 19.0. The summed E-state index contributed by atoms with van der Waals surface area (Å²) >= 11 is 0. The van der Waals surface area contributed by atoms with E-state index in [1.165, 1.54) is 24.0 Å². The summed E-state index contributed by atoms with van der Waals surface area (Å²) in [5.74, 6) is 4.08. The van der Waals surface area contributed by atoms with Gasteiger partial charge in [0, 0.05) is 12.1 Å².